The number of rotatable bonds is 6. The van der Waals surface area contributed by atoms with Crippen LogP contribution in [0, 0.1) is 0 Å². The summed E-state index contributed by atoms with van der Waals surface area (Å²) in [6, 6.07) is 10.3. The molecule has 0 saturated carbocycles. The van der Waals surface area contributed by atoms with Gasteiger partial charge in [0.1, 0.15) is 0 Å². The van der Waals surface area contributed by atoms with E-state index in [1.54, 1.807) is 0 Å². The van der Waals surface area contributed by atoms with Crippen molar-refractivity contribution in [2.24, 2.45) is 0 Å². The normalized spacial score (nSPS) is 12.7. The van der Waals surface area contributed by atoms with E-state index in [9.17, 15) is 4.79 Å². The first-order valence-corrected chi connectivity index (χ1v) is 5.63. The van der Waals surface area contributed by atoms with Crippen molar-refractivity contribution in [2.45, 2.75) is 32.9 Å². The predicted octanol–water partition coefficient (Wildman–Crippen LogP) is 2.37. The lowest BCUT2D eigenvalue weighted by Gasteiger charge is -2.26. The molecule has 3 nitrogen and oxygen atoms in total. The molecule has 1 aromatic rings. The van der Waals surface area contributed by atoms with Crippen LogP contribution in [-0.2, 0) is 11.3 Å². The van der Waals surface area contributed by atoms with Crippen molar-refractivity contribution in [2.75, 3.05) is 6.54 Å². The largest absolute Gasteiger partial charge is 0.480 e. The van der Waals surface area contributed by atoms with Gasteiger partial charge in [-0.1, -0.05) is 37.3 Å². The van der Waals surface area contributed by atoms with Crippen molar-refractivity contribution in [3.63, 3.8) is 0 Å². The fraction of sp³-hybridized carbons (Fsp3) is 0.462. The SMILES string of the molecule is CC[C@@H](C)N(CC(=O)O)Cc1ccccc1. The van der Waals surface area contributed by atoms with Crippen LogP contribution in [0.1, 0.15) is 25.8 Å². The molecule has 0 fully saturated rings. The Bertz CT molecular complexity index is 324. The van der Waals surface area contributed by atoms with E-state index < -0.39 is 5.97 Å². The summed E-state index contributed by atoms with van der Waals surface area (Å²) in [7, 11) is 0. The van der Waals surface area contributed by atoms with Crippen LogP contribution < -0.4 is 0 Å². The topological polar surface area (TPSA) is 40.5 Å². The van der Waals surface area contributed by atoms with Gasteiger partial charge in [-0.3, -0.25) is 9.69 Å². The minimum Gasteiger partial charge on any atom is -0.480 e. The second-order valence-electron chi connectivity index (χ2n) is 4.04. The highest BCUT2D eigenvalue weighted by molar-refractivity contribution is 5.69. The molecule has 16 heavy (non-hydrogen) atoms. The third-order valence-corrected chi connectivity index (χ3v) is 2.78. The molecule has 1 N–H and O–H groups in total. The Labute approximate surface area is 96.7 Å². The van der Waals surface area contributed by atoms with E-state index in [1.807, 2.05) is 35.2 Å². The highest BCUT2D eigenvalue weighted by Gasteiger charge is 2.15. The van der Waals surface area contributed by atoms with Crippen LogP contribution in [0.25, 0.3) is 0 Å². The van der Waals surface area contributed by atoms with Gasteiger partial charge in [-0.25, -0.2) is 0 Å². The van der Waals surface area contributed by atoms with Gasteiger partial charge in [-0.05, 0) is 18.9 Å². The number of carboxylic acid groups (broad SMARTS) is 1. The minimum absolute atomic E-state index is 0.101. The van der Waals surface area contributed by atoms with Gasteiger partial charge < -0.3 is 5.11 Å². The number of benzene rings is 1. The Kier molecular flexibility index (Phi) is 4.99. The third-order valence-electron chi connectivity index (χ3n) is 2.78. The van der Waals surface area contributed by atoms with Crippen molar-refractivity contribution < 1.29 is 9.90 Å². The molecule has 0 spiro atoms. The molecule has 0 bridgehead atoms. The average Bonchev–Trinajstić information content (AvgIpc) is 2.28. The Balaban J connectivity index is 2.67. The standard InChI is InChI=1S/C13H19NO2/c1-3-11(2)14(10-13(15)16)9-12-7-5-4-6-8-12/h4-8,11H,3,9-10H2,1-2H3,(H,15,16)/t11-/m1/s1. The molecule has 0 radical (unpaired) electrons. The Morgan fingerprint density at radius 3 is 2.50 bits per heavy atom. The third kappa shape index (κ3) is 4.03. The molecule has 0 aliphatic heterocycles. The van der Waals surface area contributed by atoms with Gasteiger partial charge in [-0.15, -0.1) is 0 Å². The number of carboxylic acids is 1. The van der Waals surface area contributed by atoms with Gasteiger partial charge in [-0.2, -0.15) is 0 Å². The van der Waals surface area contributed by atoms with Crippen LogP contribution in [0.2, 0.25) is 0 Å². The van der Waals surface area contributed by atoms with Crippen LogP contribution in [0.3, 0.4) is 0 Å². The average molecular weight is 221 g/mol. The lowest BCUT2D eigenvalue weighted by molar-refractivity contribution is -0.139. The zero-order valence-corrected chi connectivity index (χ0v) is 9.89. The second kappa shape index (κ2) is 6.28. The minimum atomic E-state index is -0.767. The maximum Gasteiger partial charge on any atom is 0.317 e. The predicted molar refractivity (Wildman–Crippen MR) is 64.2 cm³/mol. The molecule has 1 rings (SSSR count). The first-order chi connectivity index (χ1) is 7.63. The number of nitrogens with zero attached hydrogens (tertiary/aromatic N) is 1. The fourth-order valence-corrected chi connectivity index (χ4v) is 1.62. The van der Waals surface area contributed by atoms with Gasteiger partial charge in [0, 0.05) is 12.6 Å². The van der Waals surface area contributed by atoms with Gasteiger partial charge in [0.2, 0.25) is 0 Å². The quantitative estimate of drug-likeness (QED) is 0.801. The summed E-state index contributed by atoms with van der Waals surface area (Å²) in [4.78, 5) is 12.8. The van der Waals surface area contributed by atoms with Crippen LogP contribution in [-0.4, -0.2) is 28.6 Å². The zero-order chi connectivity index (χ0) is 12.0. The van der Waals surface area contributed by atoms with E-state index in [0.717, 1.165) is 12.0 Å². The molecule has 0 aliphatic rings. The molecule has 0 unspecified atom stereocenters. The number of hydrogen-bond acceptors (Lipinski definition) is 2. The molecule has 88 valence electrons. The van der Waals surface area contributed by atoms with E-state index in [1.165, 1.54) is 0 Å². The van der Waals surface area contributed by atoms with Crippen LogP contribution in [0.5, 0.6) is 0 Å². The Morgan fingerprint density at radius 2 is 2.00 bits per heavy atom. The number of aliphatic carboxylic acids is 1. The zero-order valence-electron chi connectivity index (χ0n) is 9.89. The fourth-order valence-electron chi connectivity index (χ4n) is 1.62. The molecular formula is C13H19NO2. The van der Waals surface area contributed by atoms with E-state index in [0.29, 0.717) is 6.54 Å². The first-order valence-electron chi connectivity index (χ1n) is 5.63. The molecular weight excluding hydrogens is 202 g/mol. The van der Waals surface area contributed by atoms with E-state index in [4.69, 9.17) is 5.11 Å². The summed E-state index contributed by atoms with van der Waals surface area (Å²) in [6.07, 6.45) is 0.958. The van der Waals surface area contributed by atoms with Crippen molar-refractivity contribution >= 4 is 5.97 Å². The highest BCUT2D eigenvalue weighted by Crippen LogP contribution is 2.10. The molecule has 1 atom stereocenters. The molecule has 0 saturated heterocycles. The molecule has 0 aliphatic carbocycles. The van der Waals surface area contributed by atoms with Crippen molar-refractivity contribution in [1.82, 2.24) is 4.90 Å². The van der Waals surface area contributed by atoms with Crippen molar-refractivity contribution in [3.05, 3.63) is 35.9 Å². The summed E-state index contributed by atoms with van der Waals surface area (Å²) in [5.74, 6) is -0.767. The van der Waals surface area contributed by atoms with Gasteiger partial charge >= 0.3 is 5.97 Å². The summed E-state index contributed by atoms with van der Waals surface area (Å²) in [6.45, 7) is 4.93. The lowest BCUT2D eigenvalue weighted by Crippen LogP contribution is -2.36. The van der Waals surface area contributed by atoms with Gasteiger partial charge in [0.15, 0.2) is 0 Å². The maximum absolute atomic E-state index is 10.8. The summed E-state index contributed by atoms with van der Waals surface area (Å²) in [5, 5.41) is 8.86. The highest BCUT2D eigenvalue weighted by atomic mass is 16.4. The molecule has 0 heterocycles. The molecule has 1 aromatic carbocycles. The molecule has 3 heteroatoms. The molecule has 0 aromatic heterocycles. The Morgan fingerprint density at radius 1 is 1.38 bits per heavy atom. The summed E-state index contributed by atoms with van der Waals surface area (Å²) in [5.41, 5.74) is 1.16. The summed E-state index contributed by atoms with van der Waals surface area (Å²) >= 11 is 0. The van der Waals surface area contributed by atoms with Crippen LogP contribution in [0.15, 0.2) is 30.3 Å². The second-order valence-corrected chi connectivity index (χ2v) is 4.04. The van der Waals surface area contributed by atoms with Crippen LogP contribution >= 0.6 is 0 Å². The smallest absolute Gasteiger partial charge is 0.317 e. The number of carbonyl (C=O) groups is 1. The van der Waals surface area contributed by atoms with Crippen LogP contribution in [0.4, 0.5) is 0 Å². The van der Waals surface area contributed by atoms with Gasteiger partial charge in [0.25, 0.3) is 0 Å². The maximum atomic E-state index is 10.8. The Hall–Kier alpha value is -1.35. The summed E-state index contributed by atoms with van der Waals surface area (Å²) < 4.78 is 0. The number of hydrogen-bond donors (Lipinski definition) is 1. The first kappa shape index (κ1) is 12.7. The van der Waals surface area contributed by atoms with E-state index >= 15 is 0 Å². The van der Waals surface area contributed by atoms with Crippen molar-refractivity contribution in [1.29, 1.82) is 0 Å². The van der Waals surface area contributed by atoms with E-state index in [-0.39, 0.29) is 12.6 Å². The van der Waals surface area contributed by atoms with Gasteiger partial charge in [0.05, 0.1) is 6.54 Å². The van der Waals surface area contributed by atoms with Crippen molar-refractivity contribution in [3.8, 4) is 0 Å². The van der Waals surface area contributed by atoms with E-state index in [2.05, 4.69) is 13.8 Å². The molecule has 0 amide bonds. The monoisotopic (exact) mass is 221 g/mol. The lowest BCUT2D eigenvalue weighted by atomic mass is 10.1.